The van der Waals surface area contributed by atoms with E-state index in [0.717, 1.165) is 51.6 Å². The number of aliphatic imine (C=N–C) groups is 1. The van der Waals surface area contributed by atoms with Gasteiger partial charge in [0.05, 0.1) is 6.61 Å². The molecular weight excluding hydrogens is 377 g/mol. The average Bonchev–Trinajstić information content (AvgIpc) is 3.13. The van der Waals surface area contributed by atoms with Crippen LogP contribution in [0.2, 0.25) is 0 Å². The van der Waals surface area contributed by atoms with Crippen LogP contribution in [0.4, 0.5) is 5.69 Å². The highest BCUT2D eigenvalue weighted by atomic mass is 127. The van der Waals surface area contributed by atoms with Gasteiger partial charge < -0.3 is 15.0 Å². The van der Waals surface area contributed by atoms with E-state index in [9.17, 15) is 0 Å². The Morgan fingerprint density at radius 3 is 3.05 bits per heavy atom. The minimum Gasteiger partial charge on any atom is -0.381 e. The van der Waals surface area contributed by atoms with Crippen LogP contribution in [0.3, 0.4) is 0 Å². The van der Waals surface area contributed by atoms with Crippen LogP contribution in [-0.2, 0) is 11.2 Å². The van der Waals surface area contributed by atoms with Crippen molar-refractivity contribution in [2.45, 2.75) is 19.8 Å². The van der Waals surface area contributed by atoms with E-state index in [1.165, 1.54) is 11.3 Å². The van der Waals surface area contributed by atoms with E-state index in [4.69, 9.17) is 9.73 Å². The molecule has 1 atom stereocenters. The molecule has 2 heterocycles. The Kier molecular flexibility index (Phi) is 6.29. The van der Waals surface area contributed by atoms with Crippen molar-refractivity contribution < 1.29 is 4.74 Å². The van der Waals surface area contributed by atoms with Gasteiger partial charge in [-0.05, 0) is 31.4 Å². The SMILES string of the molecule is CCNC(=NCC1CCOC1)N1CCc2ccccc21.I. The van der Waals surface area contributed by atoms with E-state index in [2.05, 4.69) is 41.4 Å². The summed E-state index contributed by atoms with van der Waals surface area (Å²) in [6.07, 6.45) is 2.24. The lowest BCUT2D eigenvalue weighted by atomic mass is 10.1. The van der Waals surface area contributed by atoms with Gasteiger partial charge in [-0.25, -0.2) is 0 Å². The van der Waals surface area contributed by atoms with Crippen LogP contribution in [0.5, 0.6) is 0 Å². The van der Waals surface area contributed by atoms with Crippen LogP contribution in [0.15, 0.2) is 29.3 Å². The Labute approximate surface area is 144 Å². The van der Waals surface area contributed by atoms with Gasteiger partial charge in [-0.15, -0.1) is 24.0 Å². The maximum Gasteiger partial charge on any atom is 0.198 e. The molecule has 116 valence electrons. The average molecular weight is 401 g/mol. The molecule has 1 aromatic rings. The Morgan fingerprint density at radius 1 is 1.43 bits per heavy atom. The number of hydrogen-bond acceptors (Lipinski definition) is 2. The lowest BCUT2D eigenvalue weighted by Crippen LogP contribution is -2.41. The summed E-state index contributed by atoms with van der Waals surface area (Å²) in [7, 11) is 0. The summed E-state index contributed by atoms with van der Waals surface area (Å²) in [5.41, 5.74) is 2.72. The first-order chi connectivity index (χ1) is 9.88. The second-order valence-corrected chi connectivity index (χ2v) is 5.45. The molecule has 0 radical (unpaired) electrons. The first-order valence-corrected chi connectivity index (χ1v) is 7.60. The maximum absolute atomic E-state index is 5.43. The van der Waals surface area contributed by atoms with Gasteiger partial charge in [-0.2, -0.15) is 0 Å². The molecule has 5 heteroatoms. The Bertz CT molecular complexity index is 486. The van der Waals surface area contributed by atoms with E-state index in [-0.39, 0.29) is 24.0 Å². The van der Waals surface area contributed by atoms with E-state index >= 15 is 0 Å². The van der Waals surface area contributed by atoms with Crippen LogP contribution in [0.1, 0.15) is 18.9 Å². The monoisotopic (exact) mass is 401 g/mol. The Morgan fingerprint density at radius 2 is 2.29 bits per heavy atom. The maximum atomic E-state index is 5.43. The normalized spacial score (nSPS) is 21.1. The Hall–Kier alpha value is -0.820. The summed E-state index contributed by atoms with van der Waals surface area (Å²) >= 11 is 0. The highest BCUT2D eigenvalue weighted by molar-refractivity contribution is 14.0. The van der Waals surface area contributed by atoms with Crippen molar-refractivity contribution in [1.82, 2.24) is 5.32 Å². The van der Waals surface area contributed by atoms with Crippen molar-refractivity contribution in [2.24, 2.45) is 10.9 Å². The van der Waals surface area contributed by atoms with Crippen LogP contribution >= 0.6 is 24.0 Å². The number of benzene rings is 1. The molecule has 0 bridgehead atoms. The highest BCUT2D eigenvalue weighted by Crippen LogP contribution is 2.27. The van der Waals surface area contributed by atoms with E-state index in [0.29, 0.717) is 5.92 Å². The quantitative estimate of drug-likeness (QED) is 0.481. The van der Waals surface area contributed by atoms with E-state index in [1.54, 1.807) is 0 Å². The van der Waals surface area contributed by atoms with Crippen LogP contribution in [0, 0.1) is 5.92 Å². The van der Waals surface area contributed by atoms with Gasteiger partial charge in [-0.1, -0.05) is 18.2 Å². The summed E-state index contributed by atoms with van der Waals surface area (Å²) < 4.78 is 5.43. The lowest BCUT2D eigenvalue weighted by molar-refractivity contribution is 0.187. The number of hydrogen-bond donors (Lipinski definition) is 1. The minimum absolute atomic E-state index is 0. The van der Waals surface area contributed by atoms with Crippen molar-refractivity contribution in [3.05, 3.63) is 29.8 Å². The van der Waals surface area contributed by atoms with E-state index < -0.39 is 0 Å². The molecule has 0 spiro atoms. The van der Waals surface area contributed by atoms with Gasteiger partial charge in [0, 0.05) is 37.8 Å². The number of nitrogens with one attached hydrogen (secondary N) is 1. The van der Waals surface area contributed by atoms with Gasteiger partial charge >= 0.3 is 0 Å². The molecule has 0 aliphatic carbocycles. The fraction of sp³-hybridized carbons (Fsp3) is 0.562. The molecule has 3 rings (SSSR count). The number of rotatable bonds is 3. The molecule has 1 saturated heterocycles. The third-order valence-electron chi connectivity index (χ3n) is 4.00. The zero-order valence-corrected chi connectivity index (χ0v) is 14.9. The number of para-hydroxylation sites is 1. The molecule has 1 unspecified atom stereocenters. The van der Waals surface area contributed by atoms with Gasteiger partial charge in [0.2, 0.25) is 0 Å². The molecule has 1 N–H and O–H groups in total. The predicted molar refractivity (Wildman–Crippen MR) is 97.8 cm³/mol. The third kappa shape index (κ3) is 3.88. The van der Waals surface area contributed by atoms with Gasteiger partial charge in [-0.3, -0.25) is 4.99 Å². The number of halogens is 1. The summed E-state index contributed by atoms with van der Waals surface area (Å²) in [6, 6.07) is 8.62. The number of guanidine groups is 1. The molecule has 1 fully saturated rings. The van der Waals surface area contributed by atoms with Gasteiger partial charge in [0.1, 0.15) is 0 Å². The summed E-state index contributed by atoms with van der Waals surface area (Å²) in [5, 5.41) is 3.42. The van der Waals surface area contributed by atoms with Crippen LogP contribution in [0.25, 0.3) is 0 Å². The number of anilines is 1. The summed E-state index contributed by atoms with van der Waals surface area (Å²) in [5.74, 6) is 1.60. The predicted octanol–water partition coefficient (Wildman–Crippen LogP) is 2.67. The molecule has 2 aliphatic heterocycles. The Balaban J connectivity index is 0.00000161. The first kappa shape index (κ1) is 16.5. The molecule has 21 heavy (non-hydrogen) atoms. The van der Waals surface area contributed by atoms with E-state index in [1.807, 2.05) is 0 Å². The van der Waals surface area contributed by atoms with Gasteiger partial charge in [0.25, 0.3) is 0 Å². The second kappa shape index (κ2) is 7.98. The molecule has 4 nitrogen and oxygen atoms in total. The third-order valence-corrected chi connectivity index (χ3v) is 4.00. The van der Waals surface area contributed by atoms with Crippen molar-refractivity contribution in [3.8, 4) is 0 Å². The zero-order valence-electron chi connectivity index (χ0n) is 12.5. The second-order valence-electron chi connectivity index (χ2n) is 5.45. The van der Waals surface area contributed by atoms with Crippen molar-refractivity contribution in [3.63, 3.8) is 0 Å². The number of ether oxygens (including phenoxy) is 1. The lowest BCUT2D eigenvalue weighted by Gasteiger charge is -2.22. The molecule has 2 aliphatic rings. The highest BCUT2D eigenvalue weighted by Gasteiger charge is 2.23. The van der Waals surface area contributed by atoms with Gasteiger partial charge in [0.15, 0.2) is 5.96 Å². The summed E-state index contributed by atoms with van der Waals surface area (Å²) in [4.78, 5) is 7.14. The van der Waals surface area contributed by atoms with Crippen LogP contribution < -0.4 is 10.2 Å². The summed E-state index contributed by atoms with van der Waals surface area (Å²) in [6.45, 7) is 6.66. The number of nitrogens with zero attached hydrogens (tertiary/aromatic N) is 2. The fourth-order valence-corrected chi connectivity index (χ4v) is 2.90. The molecular formula is C16H24IN3O. The van der Waals surface area contributed by atoms with Crippen molar-refractivity contribution >= 4 is 35.6 Å². The van der Waals surface area contributed by atoms with Crippen molar-refractivity contribution in [1.29, 1.82) is 0 Å². The smallest absolute Gasteiger partial charge is 0.198 e. The first-order valence-electron chi connectivity index (χ1n) is 7.60. The minimum atomic E-state index is 0. The number of fused-ring (bicyclic) bond motifs is 1. The molecule has 1 aromatic carbocycles. The fourth-order valence-electron chi connectivity index (χ4n) is 2.90. The molecule has 0 amide bonds. The van der Waals surface area contributed by atoms with Crippen LogP contribution in [-0.4, -0.2) is 38.8 Å². The largest absolute Gasteiger partial charge is 0.381 e. The molecule has 0 saturated carbocycles. The zero-order chi connectivity index (χ0) is 13.8. The standard InChI is InChI=1S/C16H23N3O.HI/c1-2-17-16(18-11-13-8-10-20-12-13)19-9-7-14-5-3-4-6-15(14)19;/h3-6,13H,2,7-12H2,1H3,(H,17,18);1H. The molecule has 0 aromatic heterocycles. The van der Waals surface area contributed by atoms with Crippen molar-refractivity contribution in [2.75, 3.05) is 37.7 Å². The topological polar surface area (TPSA) is 36.9 Å².